The summed E-state index contributed by atoms with van der Waals surface area (Å²) in [6.45, 7) is 0. The van der Waals surface area contributed by atoms with Gasteiger partial charge in [-0.3, -0.25) is 0 Å². The summed E-state index contributed by atoms with van der Waals surface area (Å²) in [4.78, 5) is 26.4. The summed E-state index contributed by atoms with van der Waals surface area (Å²) in [5, 5.41) is 9.81. The van der Waals surface area contributed by atoms with Gasteiger partial charge in [-0.15, -0.1) is 0 Å². The minimum Gasteiger partial charge on any atom is -0.478 e. The molecule has 7 heteroatoms. The molecule has 0 atom stereocenters. The molecule has 0 spiro atoms. The van der Waals surface area contributed by atoms with E-state index in [1.165, 1.54) is 12.4 Å². The van der Waals surface area contributed by atoms with Gasteiger partial charge in [0.2, 0.25) is 0 Å². The predicted molar refractivity (Wildman–Crippen MR) is 69.1 cm³/mol. The molecule has 3 aromatic heterocycles. The van der Waals surface area contributed by atoms with Crippen molar-refractivity contribution in [3.05, 3.63) is 41.4 Å². The van der Waals surface area contributed by atoms with Gasteiger partial charge in [0, 0.05) is 30.2 Å². The molecular weight excluding hydrogens is 268 g/mol. The monoisotopic (exact) mass is 274 g/mol. The number of aromatic amines is 1. The lowest BCUT2D eigenvalue weighted by atomic mass is 10.1. The highest BCUT2D eigenvalue weighted by atomic mass is 35.5. The number of rotatable bonds is 2. The van der Waals surface area contributed by atoms with Gasteiger partial charge in [-0.1, -0.05) is 11.6 Å². The van der Waals surface area contributed by atoms with Crippen molar-refractivity contribution in [2.24, 2.45) is 0 Å². The fourth-order valence-corrected chi connectivity index (χ4v) is 2.11. The van der Waals surface area contributed by atoms with Crippen LogP contribution in [0.2, 0.25) is 5.02 Å². The standard InChI is InChI=1S/C12H7ClN4O2/c13-7-5-17-10(11-14-2-1-3-15-11)9-8(7)6(4-16-9)12(18)19/h1-5,16H,(H,18,19). The van der Waals surface area contributed by atoms with Gasteiger partial charge in [0.1, 0.15) is 5.69 Å². The first-order chi connectivity index (χ1) is 9.18. The lowest BCUT2D eigenvalue weighted by molar-refractivity contribution is 0.0699. The molecule has 0 fully saturated rings. The number of nitrogens with zero attached hydrogens (tertiary/aromatic N) is 3. The maximum Gasteiger partial charge on any atom is 0.337 e. The molecule has 0 aliphatic heterocycles. The minimum atomic E-state index is -1.06. The van der Waals surface area contributed by atoms with Crippen molar-refractivity contribution < 1.29 is 9.90 Å². The normalized spacial score (nSPS) is 10.8. The van der Waals surface area contributed by atoms with E-state index in [0.717, 1.165) is 0 Å². The molecule has 19 heavy (non-hydrogen) atoms. The number of carboxylic acids is 1. The highest BCUT2D eigenvalue weighted by Gasteiger charge is 2.18. The number of H-pyrrole nitrogens is 1. The SMILES string of the molecule is O=C(O)c1c[nH]c2c(-c3ncccn3)ncc(Cl)c12. The van der Waals surface area contributed by atoms with Crippen LogP contribution in [0.4, 0.5) is 0 Å². The van der Waals surface area contributed by atoms with Gasteiger partial charge >= 0.3 is 5.97 Å². The molecule has 0 bridgehead atoms. The highest BCUT2D eigenvalue weighted by Crippen LogP contribution is 2.31. The van der Waals surface area contributed by atoms with E-state index in [0.29, 0.717) is 22.4 Å². The molecular formula is C12H7ClN4O2. The molecule has 6 nitrogen and oxygen atoms in total. The summed E-state index contributed by atoms with van der Waals surface area (Å²) in [7, 11) is 0. The maximum absolute atomic E-state index is 11.1. The van der Waals surface area contributed by atoms with Crippen LogP contribution in [0.1, 0.15) is 10.4 Å². The van der Waals surface area contributed by atoms with Crippen LogP contribution in [-0.2, 0) is 0 Å². The minimum absolute atomic E-state index is 0.0968. The molecule has 0 saturated carbocycles. The van der Waals surface area contributed by atoms with Crippen LogP contribution in [0.25, 0.3) is 22.4 Å². The topological polar surface area (TPSA) is 91.8 Å². The number of carbonyl (C=O) groups is 1. The number of carboxylic acid groups (broad SMARTS) is 1. The number of hydrogen-bond acceptors (Lipinski definition) is 4. The third-order valence-electron chi connectivity index (χ3n) is 2.67. The van der Waals surface area contributed by atoms with Gasteiger partial charge in [-0.25, -0.2) is 19.7 Å². The Kier molecular flexibility index (Phi) is 2.64. The molecule has 0 aromatic carbocycles. The number of aromatic nitrogens is 4. The van der Waals surface area contributed by atoms with Gasteiger partial charge < -0.3 is 10.1 Å². The molecule has 94 valence electrons. The van der Waals surface area contributed by atoms with Crippen LogP contribution in [-0.4, -0.2) is 31.0 Å². The molecule has 0 radical (unpaired) electrons. The Morgan fingerprint density at radius 1 is 1.26 bits per heavy atom. The molecule has 0 saturated heterocycles. The second kappa shape index (κ2) is 4.33. The zero-order chi connectivity index (χ0) is 13.4. The fraction of sp³-hybridized carbons (Fsp3) is 0. The highest BCUT2D eigenvalue weighted by molar-refractivity contribution is 6.37. The van der Waals surface area contributed by atoms with Crippen LogP contribution in [0, 0.1) is 0 Å². The van der Waals surface area contributed by atoms with E-state index in [1.807, 2.05) is 0 Å². The van der Waals surface area contributed by atoms with Crippen LogP contribution < -0.4 is 0 Å². The van der Waals surface area contributed by atoms with E-state index in [-0.39, 0.29) is 10.6 Å². The van der Waals surface area contributed by atoms with Crippen LogP contribution in [0.3, 0.4) is 0 Å². The Balaban J connectivity index is 2.35. The molecule has 3 heterocycles. The number of nitrogens with one attached hydrogen (secondary N) is 1. The number of pyridine rings is 1. The van der Waals surface area contributed by atoms with Crippen molar-refractivity contribution in [1.29, 1.82) is 0 Å². The summed E-state index contributed by atoms with van der Waals surface area (Å²) in [6, 6.07) is 1.69. The largest absolute Gasteiger partial charge is 0.478 e. The van der Waals surface area contributed by atoms with Crippen LogP contribution >= 0.6 is 11.6 Å². The van der Waals surface area contributed by atoms with Gasteiger partial charge in [-0.2, -0.15) is 0 Å². The van der Waals surface area contributed by atoms with E-state index in [1.54, 1.807) is 18.5 Å². The third-order valence-corrected chi connectivity index (χ3v) is 2.96. The first kappa shape index (κ1) is 11.6. The lowest BCUT2D eigenvalue weighted by Gasteiger charge is -2.02. The Morgan fingerprint density at radius 3 is 2.68 bits per heavy atom. The average molecular weight is 275 g/mol. The molecule has 0 amide bonds. The van der Waals surface area contributed by atoms with E-state index in [2.05, 4.69) is 19.9 Å². The van der Waals surface area contributed by atoms with Crippen molar-refractivity contribution in [3.8, 4) is 11.5 Å². The van der Waals surface area contributed by atoms with Gasteiger partial charge in [0.05, 0.1) is 16.1 Å². The van der Waals surface area contributed by atoms with Gasteiger partial charge in [0.15, 0.2) is 5.82 Å². The Morgan fingerprint density at radius 2 is 2.00 bits per heavy atom. The first-order valence-corrected chi connectivity index (χ1v) is 5.72. The molecule has 0 unspecified atom stereocenters. The number of halogens is 1. The first-order valence-electron chi connectivity index (χ1n) is 5.34. The quantitative estimate of drug-likeness (QED) is 0.748. The van der Waals surface area contributed by atoms with Crippen molar-refractivity contribution in [1.82, 2.24) is 19.9 Å². The second-order valence-electron chi connectivity index (χ2n) is 3.78. The Bertz CT molecular complexity index is 770. The van der Waals surface area contributed by atoms with Crippen LogP contribution in [0.5, 0.6) is 0 Å². The molecule has 3 aromatic rings. The summed E-state index contributed by atoms with van der Waals surface area (Å²) in [6.07, 6.45) is 5.96. The molecule has 3 rings (SSSR count). The summed E-state index contributed by atoms with van der Waals surface area (Å²) in [5.74, 6) is -0.651. The predicted octanol–water partition coefficient (Wildman–Crippen LogP) is 2.37. The van der Waals surface area contributed by atoms with E-state index >= 15 is 0 Å². The number of hydrogen-bond donors (Lipinski definition) is 2. The van der Waals surface area contributed by atoms with E-state index < -0.39 is 5.97 Å². The third kappa shape index (κ3) is 1.82. The van der Waals surface area contributed by atoms with Gasteiger partial charge in [0.25, 0.3) is 0 Å². The molecule has 0 aliphatic rings. The second-order valence-corrected chi connectivity index (χ2v) is 4.19. The zero-order valence-electron chi connectivity index (χ0n) is 9.46. The smallest absolute Gasteiger partial charge is 0.337 e. The lowest BCUT2D eigenvalue weighted by Crippen LogP contribution is -1.96. The van der Waals surface area contributed by atoms with Crippen molar-refractivity contribution in [2.45, 2.75) is 0 Å². The summed E-state index contributed by atoms with van der Waals surface area (Å²) < 4.78 is 0. The fourth-order valence-electron chi connectivity index (χ4n) is 1.87. The number of fused-ring (bicyclic) bond motifs is 1. The summed E-state index contributed by atoms with van der Waals surface area (Å²) >= 11 is 6.02. The van der Waals surface area contributed by atoms with Gasteiger partial charge in [-0.05, 0) is 6.07 Å². The van der Waals surface area contributed by atoms with Crippen LogP contribution in [0.15, 0.2) is 30.9 Å². The van der Waals surface area contributed by atoms with Crippen molar-refractivity contribution in [2.75, 3.05) is 0 Å². The Labute approximate surface area is 112 Å². The van der Waals surface area contributed by atoms with E-state index in [9.17, 15) is 4.79 Å². The molecule has 0 aliphatic carbocycles. The average Bonchev–Trinajstić information content (AvgIpc) is 2.86. The van der Waals surface area contributed by atoms with Crippen molar-refractivity contribution in [3.63, 3.8) is 0 Å². The molecule has 2 N–H and O–H groups in total. The van der Waals surface area contributed by atoms with E-state index in [4.69, 9.17) is 16.7 Å². The zero-order valence-corrected chi connectivity index (χ0v) is 10.2. The Hall–Kier alpha value is -2.47. The number of aromatic carboxylic acids is 1. The maximum atomic E-state index is 11.1. The summed E-state index contributed by atoms with van der Waals surface area (Å²) in [5.41, 5.74) is 1.07. The van der Waals surface area contributed by atoms with Crippen molar-refractivity contribution >= 4 is 28.5 Å².